The zero-order chi connectivity index (χ0) is 11.7. The topological polar surface area (TPSA) is 59.1 Å². The monoisotopic (exact) mass is 210 g/mol. The molecule has 0 aliphatic rings. The number of aromatic nitrogens is 1. The molecule has 0 saturated carbocycles. The first-order chi connectivity index (χ1) is 6.95. The molecule has 1 aromatic heterocycles. The second-order valence-corrected chi connectivity index (χ2v) is 3.76. The van der Waals surface area contributed by atoms with Crippen LogP contribution in [0.3, 0.4) is 0 Å². The lowest BCUT2D eigenvalue weighted by Gasteiger charge is -2.17. The molecule has 4 heteroatoms. The van der Waals surface area contributed by atoms with Crippen LogP contribution >= 0.6 is 0 Å². The van der Waals surface area contributed by atoms with Gasteiger partial charge in [0.15, 0.2) is 6.61 Å². The Morgan fingerprint density at radius 1 is 1.20 bits per heavy atom. The summed E-state index contributed by atoms with van der Waals surface area (Å²) in [6.07, 6.45) is 3.50. The second kappa shape index (κ2) is 6.95. The standard InChI is InChI=1S/C6H11O3.C5H5N/c1-6(2,3)9-5(8)4-7;1-2-4-6-5-3-1/h4H2,1-3H3;1-5H. The summed E-state index contributed by atoms with van der Waals surface area (Å²) < 4.78 is 4.64. The van der Waals surface area contributed by atoms with E-state index < -0.39 is 18.2 Å². The highest BCUT2D eigenvalue weighted by molar-refractivity contribution is 5.70. The summed E-state index contributed by atoms with van der Waals surface area (Å²) in [7, 11) is 0. The van der Waals surface area contributed by atoms with Crippen molar-refractivity contribution in [3.8, 4) is 0 Å². The quantitative estimate of drug-likeness (QED) is 0.664. The molecule has 83 valence electrons. The van der Waals surface area contributed by atoms with Gasteiger partial charge in [-0.1, -0.05) is 6.07 Å². The number of carbonyl (C=O) groups excluding carboxylic acids is 1. The maximum atomic E-state index is 10.3. The summed E-state index contributed by atoms with van der Waals surface area (Å²) in [5.74, 6) is -0.692. The molecule has 0 atom stereocenters. The Kier molecular flexibility index (Phi) is 6.29. The Labute approximate surface area is 89.9 Å². The summed E-state index contributed by atoms with van der Waals surface area (Å²) in [6.45, 7) is 4.37. The van der Waals surface area contributed by atoms with E-state index in [-0.39, 0.29) is 0 Å². The first kappa shape index (κ1) is 13.6. The van der Waals surface area contributed by atoms with E-state index in [0.717, 1.165) is 0 Å². The van der Waals surface area contributed by atoms with Crippen LogP contribution in [0.2, 0.25) is 0 Å². The first-order valence-electron chi connectivity index (χ1n) is 4.60. The molecule has 0 aliphatic carbocycles. The number of ether oxygens (including phenoxy) is 1. The van der Waals surface area contributed by atoms with Crippen molar-refractivity contribution in [2.75, 3.05) is 6.61 Å². The van der Waals surface area contributed by atoms with Gasteiger partial charge in [-0.3, -0.25) is 4.98 Å². The molecule has 1 aromatic rings. The molecule has 0 amide bonds. The highest BCUT2D eigenvalue weighted by Gasteiger charge is 2.14. The van der Waals surface area contributed by atoms with E-state index in [9.17, 15) is 9.90 Å². The van der Waals surface area contributed by atoms with Gasteiger partial charge in [-0.05, 0) is 32.9 Å². The van der Waals surface area contributed by atoms with E-state index in [1.54, 1.807) is 33.2 Å². The first-order valence-corrected chi connectivity index (χ1v) is 4.60. The number of rotatable bonds is 1. The van der Waals surface area contributed by atoms with Gasteiger partial charge >= 0.3 is 5.97 Å². The van der Waals surface area contributed by atoms with Gasteiger partial charge in [0.05, 0.1) is 0 Å². The summed E-state index contributed by atoms with van der Waals surface area (Å²) in [5, 5.41) is 9.83. The van der Waals surface area contributed by atoms with E-state index in [2.05, 4.69) is 9.72 Å². The highest BCUT2D eigenvalue weighted by atomic mass is 16.6. The van der Waals surface area contributed by atoms with E-state index in [4.69, 9.17) is 0 Å². The predicted molar refractivity (Wildman–Crippen MR) is 55.6 cm³/mol. The number of hydrogen-bond donors (Lipinski definition) is 0. The van der Waals surface area contributed by atoms with Gasteiger partial charge in [-0.15, -0.1) is 0 Å². The van der Waals surface area contributed by atoms with Crippen LogP contribution in [-0.4, -0.2) is 23.2 Å². The van der Waals surface area contributed by atoms with Crippen molar-refractivity contribution >= 4 is 5.97 Å². The number of esters is 1. The molecule has 1 rings (SSSR count). The molecular weight excluding hydrogens is 194 g/mol. The third-order valence-corrected chi connectivity index (χ3v) is 1.10. The lowest BCUT2D eigenvalue weighted by atomic mass is 10.2. The summed E-state index contributed by atoms with van der Waals surface area (Å²) in [6, 6.07) is 5.72. The zero-order valence-corrected chi connectivity index (χ0v) is 9.27. The normalized spacial score (nSPS) is 9.87. The van der Waals surface area contributed by atoms with Gasteiger partial charge < -0.3 is 4.74 Å². The maximum Gasteiger partial charge on any atom is 0.335 e. The molecule has 0 saturated heterocycles. The van der Waals surface area contributed by atoms with Gasteiger partial charge in [0.1, 0.15) is 5.60 Å². The molecule has 1 radical (unpaired) electrons. The average molecular weight is 210 g/mol. The fourth-order valence-corrected chi connectivity index (χ4v) is 0.684. The summed E-state index contributed by atoms with van der Waals surface area (Å²) >= 11 is 0. The van der Waals surface area contributed by atoms with Crippen molar-refractivity contribution < 1.29 is 14.6 Å². The Hall–Kier alpha value is -1.42. The van der Waals surface area contributed by atoms with Crippen LogP contribution in [-0.2, 0) is 14.6 Å². The molecule has 0 aromatic carbocycles. The minimum absolute atomic E-state index is 0.526. The minimum Gasteiger partial charge on any atom is -0.458 e. The summed E-state index contributed by atoms with van der Waals surface area (Å²) in [5.41, 5.74) is -0.526. The molecule has 0 N–H and O–H groups in total. The van der Waals surface area contributed by atoms with Crippen molar-refractivity contribution in [1.29, 1.82) is 0 Å². The Morgan fingerprint density at radius 3 is 1.87 bits per heavy atom. The van der Waals surface area contributed by atoms with Gasteiger partial charge in [-0.25, -0.2) is 9.90 Å². The Morgan fingerprint density at radius 2 is 1.73 bits per heavy atom. The van der Waals surface area contributed by atoms with Crippen LogP contribution in [0.5, 0.6) is 0 Å². The van der Waals surface area contributed by atoms with Crippen LogP contribution in [0.25, 0.3) is 0 Å². The van der Waals surface area contributed by atoms with Gasteiger partial charge in [0.2, 0.25) is 0 Å². The van der Waals surface area contributed by atoms with Crippen LogP contribution in [0.4, 0.5) is 0 Å². The molecule has 4 nitrogen and oxygen atoms in total. The van der Waals surface area contributed by atoms with Crippen molar-refractivity contribution in [2.45, 2.75) is 26.4 Å². The SMILES string of the molecule is CC(C)(C)OC(=O)C[O].c1ccncc1. The third-order valence-electron chi connectivity index (χ3n) is 1.10. The molecule has 0 bridgehead atoms. The lowest BCUT2D eigenvalue weighted by molar-refractivity contribution is -0.160. The van der Waals surface area contributed by atoms with E-state index >= 15 is 0 Å². The van der Waals surface area contributed by atoms with Crippen LogP contribution in [0.1, 0.15) is 20.8 Å². The smallest absolute Gasteiger partial charge is 0.335 e. The van der Waals surface area contributed by atoms with E-state index in [1.165, 1.54) is 0 Å². The van der Waals surface area contributed by atoms with Crippen LogP contribution in [0, 0.1) is 0 Å². The van der Waals surface area contributed by atoms with Crippen LogP contribution in [0.15, 0.2) is 30.6 Å². The number of nitrogens with zero attached hydrogens (tertiary/aromatic N) is 1. The number of pyridine rings is 1. The largest absolute Gasteiger partial charge is 0.458 e. The third kappa shape index (κ3) is 10.5. The molecule has 0 fully saturated rings. The maximum absolute atomic E-state index is 10.3. The fourth-order valence-electron chi connectivity index (χ4n) is 0.684. The molecule has 0 unspecified atom stereocenters. The van der Waals surface area contributed by atoms with Crippen molar-refractivity contribution in [2.24, 2.45) is 0 Å². The molecule has 0 spiro atoms. The second-order valence-electron chi connectivity index (χ2n) is 3.76. The Bertz CT molecular complexity index is 240. The molecular formula is C11H16NO3. The molecule has 1 heterocycles. The van der Waals surface area contributed by atoms with Gasteiger partial charge in [0, 0.05) is 12.4 Å². The van der Waals surface area contributed by atoms with Crippen LogP contribution < -0.4 is 0 Å². The highest BCUT2D eigenvalue weighted by Crippen LogP contribution is 2.05. The van der Waals surface area contributed by atoms with Gasteiger partial charge in [0.25, 0.3) is 0 Å². The van der Waals surface area contributed by atoms with Crippen molar-refractivity contribution in [1.82, 2.24) is 4.98 Å². The fraction of sp³-hybridized carbons (Fsp3) is 0.455. The van der Waals surface area contributed by atoms with E-state index in [0.29, 0.717) is 0 Å². The van der Waals surface area contributed by atoms with Crippen molar-refractivity contribution in [3.05, 3.63) is 30.6 Å². The van der Waals surface area contributed by atoms with E-state index in [1.807, 2.05) is 18.2 Å². The number of hydrogen-bond acceptors (Lipinski definition) is 3. The van der Waals surface area contributed by atoms with Crippen molar-refractivity contribution in [3.63, 3.8) is 0 Å². The average Bonchev–Trinajstić information content (AvgIpc) is 2.19. The van der Waals surface area contributed by atoms with Gasteiger partial charge in [-0.2, -0.15) is 0 Å². The molecule has 15 heavy (non-hydrogen) atoms. The summed E-state index contributed by atoms with van der Waals surface area (Å²) in [4.78, 5) is 14.1. The zero-order valence-electron chi connectivity index (χ0n) is 9.27. The predicted octanol–water partition coefficient (Wildman–Crippen LogP) is 1.84. The lowest BCUT2D eigenvalue weighted by Crippen LogP contribution is -2.25. The number of carbonyl (C=O) groups is 1. The Balaban J connectivity index is 0.000000280. The minimum atomic E-state index is -0.794. The molecule has 0 aliphatic heterocycles.